The molecule has 0 aromatic carbocycles. The number of hydrogen-bond donors (Lipinski definition) is 0. The fraction of sp³-hybridized carbons (Fsp3) is 0.654. The van der Waals surface area contributed by atoms with Crippen LogP contribution in [0.4, 0.5) is 0 Å². The average Bonchev–Trinajstić information content (AvgIpc) is 2.78. The van der Waals surface area contributed by atoms with Gasteiger partial charge in [0.1, 0.15) is 24.8 Å². The minimum Gasteiger partial charge on any atom is -0.463 e. The molecule has 1 fully saturated rings. The van der Waals surface area contributed by atoms with Crippen molar-refractivity contribution in [2.24, 2.45) is 0 Å². The lowest BCUT2D eigenvalue weighted by atomic mass is 9.99. The molecule has 0 radical (unpaired) electrons. The number of allylic oxidation sites excluding steroid dienone is 2. The normalized spacial score (nSPS) is 23.7. The van der Waals surface area contributed by atoms with Crippen LogP contribution in [0.5, 0.6) is 0 Å². The summed E-state index contributed by atoms with van der Waals surface area (Å²) >= 11 is 1.31. The van der Waals surface area contributed by atoms with Crippen LogP contribution in [0.2, 0.25) is 0 Å². The molecule has 1 aliphatic heterocycles. The second-order valence-electron chi connectivity index (χ2n) is 8.82. The summed E-state index contributed by atoms with van der Waals surface area (Å²) in [6.07, 6.45) is 1.05. The summed E-state index contributed by atoms with van der Waals surface area (Å²) in [4.78, 5) is 58.0. The Hall–Kier alpha value is -2.86. The van der Waals surface area contributed by atoms with Gasteiger partial charge < -0.3 is 28.4 Å². The molecule has 0 unspecified atom stereocenters. The maximum atomic E-state index is 11.9. The van der Waals surface area contributed by atoms with E-state index in [2.05, 4.69) is 6.08 Å². The summed E-state index contributed by atoms with van der Waals surface area (Å²) in [5, 5.41) is 0. The van der Waals surface area contributed by atoms with Gasteiger partial charge in [-0.05, 0) is 32.8 Å². The Morgan fingerprint density at radius 3 is 1.79 bits per heavy atom. The van der Waals surface area contributed by atoms with Crippen LogP contribution in [0.3, 0.4) is 0 Å². The fourth-order valence-electron chi connectivity index (χ4n) is 3.54. The van der Waals surface area contributed by atoms with E-state index in [0.29, 0.717) is 5.75 Å². The fourth-order valence-corrected chi connectivity index (χ4v) is 4.71. The Bertz CT molecular complexity index is 911. The molecule has 5 atom stereocenters. The number of hydrogen-bond acceptors (Lipinski definition) is 12. The molecule has 1 heterocycles. The highest BCUT2D eigenvalue weighted by atomic mass is 32.2. The molecule has 0 N–H and O–H groups in total. The van der Waals surface area contributed by atoms with E-state index >= 15 is 0 Å². The highest BCUT2D eigenvalue weighted by Crippen LogP contribution is 2.35. The number of esters is 5. The van der Waals surface area contributed by atoms with Crippen LogP contribution in [0, 0.1) is 0 Å². The molecular formula is C26H38O11S. The van der Waals surface area contributed by atoms with Gasteiger partial charge in [-0.2, -0.15) is 0 Å². The van der Waals surface area contributed by atoms with E-state index in [4.69, 9.17) is 28.4 Å². The molecule has 1 rings (SSSR count). The van der Waals surface area contributed by atoms with Crippen molar-refractivity contribution in [2.45, 2.75) is 91.2 Å². The molecule has 1 saturated heterocycles. The molecule has 0 aromatic heterocycles. The standard InChI is InChI=1S/C26H38O11S/c1-15(11-12-32-17(3)27)9-8-10-16(2)14-38-26-25(36-21(7)31)24(35-20(6)30)23(34-19(5)29)22(37-26)13-33-18(4)28/h10-11,22-26H,8-9,12-14H2,1-7H3/b15-11+,16-10-/t22-,23-,24+,25-,26+/m1/s1. The van der Waals surface area contributed by atoms with Gasteiger partial charge in [0.2, 0.25) is 0 Å². The zero-order chi connectivity index (χ0) is 28.8. The van der Waals surface area contributed by atoms with Crippen LogP contribution in [-0.2, 0) is 52.4 Å². The highest BCUT2D eigenvalue weighted by molar-refractivity contribution is 8.00. The summed E-state index contributed by atoms with van der Waals surface area (Å²) in [5.74, 6) is -2.39. The maximum Gasteiger partial charge on any atom is 0.303 e. The van der Waals surface area contributed by atoms with Crippen molar-refractivity contribution < 1.29 is 52.4 Å². The largest absolute Gasteiger partial charge is 0.463 e. The number of carbonyl (C=O) groups is 5. The number of carbonyl (C=O) groups excluding carboxylic acids is 5. The molecule has 1 aliphatic rings. The molecule has 38 heavy (non-hydrogen) atoms. The van der Waals surface area contributed by atoms with Crippen LogP contribution in [0.1, 0.15) is 61.3 Å². The first-order valence-electron chi connectivity index (χ1n) is 12.2. The quantitative estimate of drug-likeness (QED) is 0.186. The predicted octanol–water partition coefficient (Wildman–Crippen LogP) is 3.04. The van der Waals surface area contributed by atoms with Crippen molar-refractivity contribution in [3.8, 4) is 0 Å². The topological polar surface area (TPSA) is 141 Å². The molecule has 0 saturated carbocycles. The van der Waals surface area contributed by atoms with Gasteiger partial charge in [-0.25, -0.2) is 0 Å². The number of ether oxygens (including phenoxy) is 6. The summed E-state index contributed by atoms with van der Waals surface area (Å²) in [5.41, 5.74) is 1.29. The Morgan fingerprint density at radius 2 is 1.24 bits per heavy atom. The lowest BCUT2D eigenvalue weighted by molar-refractivity contribution is -0.237. The van der Waals surface area contributed by atoms with E-state index in [-0.39, 0.29) is 19.2 Å². The van der Waals surface area contributed by atoms with E-state index < -0.39 is 53.7 Å². The summed E-state index contributed by atoms with van der Waals surface area (Å²) < 4.78 is 32.4. The Morgan fingerprint density at radius 1 is 0.684 bits per heavy atom. The third-order valence-corrected chi connectivity index (χ3v) is 6.50. The van der Waals surface area contributed by atoms with E-state index in [0.717, 1.165) is 24.0 Å². The van der Waals surface area contributed by atoms with Gasteiger partial charge in [0.05, 0.1) is 0 Å². The molecule has 0 bridgehead atoms. The molecule has 0 spiro atoms. The van der Waals surface area contributed by atoms with Crippen molar-refractivity contribution in [1.82, 2.24) is 0 Å². The number of thioether (sulfide) groups is 1. The first-order chi connectivity index (χ1) is 17.8. The van der Waals surface area contributed by atoms with Gasteiger partial charge >= 0.3 is 29.8 Å². The minimum atomic E-state index is -1.18. The van der Waals surface area contributed by atoms with Gasteiger partial charge in [0, 0.05) is 40.4 Å². The van der Waals surface area contributed by atoms with Crippen molar-refractivity contribution in [3.63, 3.8) is 0 Å². The van der Waals surface area contributed by atoms with Crippen molar-refractivity contribution in [2.75, 3.05) is 19.0 Å². The summed E-state index contributed by atoms with van der Waals surface area (Å²) in [6, 6.07) is 0. The van der Waals surface area contributed by atoms with Gasteiger partial charge in [-0.3, -0.25) is 24.0 Å². The van der Waals surface area contributed by atoms with Gasteiger partial charge in [0.15, 0.2) is 18.3 Å². The Labute approximate surface area is 227 Å². The first-order valence-corrected chi connectivity index (χ1v) is 13.2. The second kappa shape index (κ2) is 16.9. The van der Waals surface area contributed by atoms with Crippen LogP contribution in [0.25, 0.3) is 0 Å². The van der Waals surface area contributed by atoms with Crippen molar-refractivity contribution in [3.05, 3.63) is 23.3 Å². The molecule has 0 amide bonds. The molecule has 214 valence electrons. The van der Waals surface area contributed by atoms with E-state index in [9.17, 15) is 24.0 Å². The summed E-state index contributed by atoms with van der Waals surface area (Å²) in [6.45, 7) is 10.0. The minimum absolute atomic E-state index is 0.239. The van der Waals surface area contributed by atoms with Crippen LogP contribution >= 0.6 is 11.8 Å². The smallest absolute Gasteiger partial charge is 0.303 e. The molecule has 11 nitrogen and oxygen atoms in total. The average molecular weight is 559 g/mol. The summed E-state index contributed by atoms with van der Waals surface area (Å²) in [7, 11) is 0. The van der Waals surface area contributed by atoms with Gasteiger partial charge in [0.25, 0.3) is 0 Å². The van der Waals surface area contributed by atoms with Gasteiger partial charge in [-0.1, -0.05) is 17.2 Å². The zero-order valence-corrected chi connectivity index (χ0v) is 23.8. The van der Waals surface area contributed by atoms with E-state index in [1.54, 1.807) is 0 Å². The molecular weight excluding hydrogens is 520 g/mol. The highest BCUT2D eigenvalue weighted by Gasteiger charge is 2.52. The Balaban J connectivity index is 3.04. The Kier molecular flexibility index (Phi) is 14.7. The van der Waals surface area contributed by atoms with Gasteiger partial charge in [-0.15, -0.1) is 11.8 Å². The second-order valence-corrected chi connectivity index (χ2v) is 9.91. The van der Waals surface area contributed by atoms with Crippen LogP contribution < -0.4 is 0 Å². The third kappa shape index (κ3) is 13.1. The maximum absolute atomic E-state index is 11.9. The zero-order valence-electron chi connectivity index (χ0n) is 23.0. The third-order valence-electron chi connectivity index (χ3n) is 5.17. The molecule has 0 aromatic rings. The monoisotopic (exact) mass is 558 g/mol. The van der Waals surface area contributed by atoms with Crippen LogP contribution in [-0.4, -0.2) is 78.7 Å². The van der Waals surface area contributed by atoms with E-state index in [1.165, 1.54) is 46.4 Å². The van der Waals surface area contributed by atoms with Crippen LogP contribution in [0.15, 0.2) is 23.3 Å². The van der Waals surface area contributed by atoms with Crippen molar-refractivity contribution in [1.29, 1.82) is 0 Å². The lowest BCUT2D eigenvalue weighted by Crippen LogP contribution is -2.61. The molecule has 12 heteroatoms. The SMILES string of the molecule is CC(=O)OC/C=C(\C)CC/C=C(/C)CS[C@@H]1O[C@H](COC(C)=O)[C@@H](OC(C)=O)[C@H](OC(C)=O)[C@H]1OC(C)=O. The number of rotatable bonds is 13. The lowest BCUT2D eigenvalue weighted by Gasteiger charge is -2.44. The first kappa shape index (κ1) is 33.2. The van der Waals surface area contributed by atoms with E-state index in [1.807, 2.05) is 19.9 Å². The predicted molar refractivity (Wildman–Crippen MR) is 138 cm³/mol. The van der Waals surface area contributed by atoms with Crippen molar-refractivity contribution >= 4 is 41.6 Å². The molecule has 0 aliphatic carbocycles.